The number of nitrogens with zero attached hydrogens (tertiary/aromatic N) is 3. The van der Waals surface area contributed by atoms with Crippen LogP contribution in [0.2, 0.25) is 0 Å². The normalized spacial score (nSPS) is 15.6. The predicted octanol–water partition coefficient (Wildman–Crippen LogP) is 3.69. The van der Waals surface area contributed by atoms with Crippen LogP contribution in [0.5, 0.6) is 5.88 Å². The lowest BCUT2D eigenvalue weighted by Crippen LogP contribution is -2.51. The first kappa shape index (κ1) is 27.3. The molecule has 1 aliphatic rings. The fourth-order valence-corrected chi connectivity index (χ4v) is 3.88. The van der Waals surface area contributed by atoms with Crippen LogP contribution < -0.4 is 15.4 Å². The van der Waals surface area contributed by atoms with Gasteiger partial charge in [0.05, 0.1) is 13.2 Å². The maximum atomic E-state index is 5.98. The number of morpholine rings is 1. The summed E-state index contributed by atoms with van der Waals surface area (Å²) in [7, 11) is 1.80. The Balaban J connectivity index is 0.00000385. The molecule has 1 aromatic carbocycles. The molecule has 2 N–H and O–H groups in total. The Kier molecular flexibility index (Phi) is 12.5. The predicted molar refractivity (Wildman–Crippen MR) is 144 cm³/mol. The molecule has 1 fully saturated rings. The van der Waals surface area contributed by atoms with Gasteiger partial charge in [0.2, 0.25) is 5.88 Å². The van der Waals surface area contributed by atoms with E-state index in [0.29, 0.717) is 31.0 Å². The molecule has 33 heavy (non-hydrogen) atoms. The van der Waals surface area contributed by atoms with E-state index in [0.717, 1.165) is 56.4 Å². The van der Waals surface area contributed by atoms with Crippen LogP contribution in [0, 0.1) is 5.92 Å². The van der Waals surface area contributed by atoms with Crippen LogP contribution >= 0.6 is 24.0 Å². The minimum atomic E-state index is 0. The summed E-state index contributed by atoms with van der Waals surface area (Å²) in [6, 6.07) is 14.5. The van der Waals surface area contributed by atoms with E-state index in [1.165, 1.54) is 0 Å². The molecule has 2 heterocycles. The molecule has 1 atom stereocenters. The molecule has 0 aliphatic carbocycles. The molecule has 3 rings (SSSR count). The summed E-state index contributed by atoms with van der Waals surface area (Å²) < 4.78 is 11.5. The van der Waals surface area contributed by atoms with E-state index in [1.807, 2.05) is 30.3 Å². The number of ether oxygens (including phenoxy) is 2. The first-order valence-electron chi connectivity index (χ1n) is 11.5. The van der Waals surface area contributed by atoms with Crippen LogP contribution in [0.1, 0.15) is 31.4 Å². The minimum absolute atomic E-state index is 0. The third kappa shape index (κ3) is 9.46. The number of aromatic nitrogens is 1. The summed E-state index contributed by atoms with van der Waals surface area (Å²) in [5.74, 6) is 2.06. The van der Waals surface area contributed by atoms with Crippen molar-refractivity contribution < 1.29 is 9.47 Å². The maximum absolute atomic E-state index is 5.98. The monoisotopic (exact) mass is 567 g/mol. The molecule has 0 spiro atoms. The SMILES string of the molecule is CN=C(NCc1cccnc1OCc1ccccc1)NCC(CC(C)C)N1CCOCC1.I. The van der Waals surface area contributed by atoms with Crippen molar-refractivity contribution in [2.45, 2.75) is 39.5 Å². The van der Waals surface area contributed by atoms with Gasteiger partial charge in [-0.2, -0.15) is 0 Å². The summed E-state index contributed by atoms with van der Waals surface area (Å²) in [5, 5.41) is 6.93. The Morgan fingerprint density at radius 3 is 2.58 bits per heavy atom. The number of hydrogen-bond donors (Lipinski definition) is 2. The Hall–Kier alpha value is -1.91. The molecular formula is C25H38IN5O2. The van der Waals surface area contributed by atoms with E-state index >= 15 is 0 Å². The smallest absolute Gasteiger partial charge is 0.218 e. The summed E-state index contributed by atoms with van der Waals surface area (Å²) in [6.07, 6.45) is 2.90. The zero-order valence-electron chi connectivity index (χ0n) is 20.0. The van der Waals surface area contributed by atoms with Crippen LogP contribution in [0.15, 0.2) is 53.7 Å². The molecule has 1 aromatic heterocycles. The van der Waals surface area contributed by atoms with Crippen molar-refractivity contribution in [3.8, 4) is 5.88 Å². The second kappa shape index (κ2) is 15.1. The number of guanidine groups is 1. The molecule has 0 saturated carbocycles. The summed E-state index contributed by atoms with van der Waals surface area (Å²) in [6.45, 7) is 10.1. The van der Waals surface area contributed by atoms with Crippen LogP contribution in [0.25, 0.3) is 0 Å². The molecule has 1 saturated heterocycles. The highest BCUT2D eigenvalue weighted by Crippen LogP contribution is 2.16. The van der Waals surface area contributed by atoms with Gasteiger partial charge in [0.1, 0.15) is 6.61 Å². The van der Waals surface area contributed by atoms with E-state index < -0.39 is 0 Å². The first-order chi connectivity index (χ1) is 15.7. The number of benzene rings is 1. The van der Waals surface area contributed by atoms with Gasteiger partial charge in [0, 0.05) is 51.0 Å². The molecule has 1 aliphatic heterocycles. The molecule has 1 unspecified atom stereocenters. The fraction of sp³-hybridized carbons (Fsp3) is 0.520. The van der Waals surface area contributed by atoms with E-state index in [2.05, 4.69) is 51.5 Å². The zero-order chi connectivity index (χ0) is 22.6. The van der Waals surface area contributed by atoms with Crippen molar-refractivity contribution in [2.24, 2.45) is 10.9 Å². The maximum Gasteiger partial charge on any atom is 0.218 e. The van der Waals surface area contributed by atoms with E-state index in [4.69, 9.17) is 9.47 Å². The van der Waals surface area contributed by atoms with Crippen molar-refractivity contribution in [3.05, 3.63) is 59.8 Å². The average Bonchev–Trinajstić information content (AvgIpc) is 2.83. The van der Waals surface area contributed by atoms with E-state index in [1.54, 1.807) is 13.2 Å². The Bertz CT molecular complexity index is 829. The number of halogens is 1. The Labute approximate surface area is 215 Å². The fourth-order valence-electron chi connectivity index (χ4n) is 3.88. The summed E-state index contributed by atoms with van der Waals surface area (Å²) >= 11 is 0. The quantitative estimate of drug-likeness (QED) is 0.259. The third-order valence-electron chi connectivity index (χ3n) is 5.55. The molecule has 8 heteroatoms. The number of pyridine rings is 1. The van der Waals surface area contributed by atoms with Gasteiger partial charge < -0.3 is 20.1 Å². The van der Waals surface area contributed by atoms with E-state index in [9.17, 15) is 0 Å². The Morgan fingerprint density at radius 2 is 1.88 bits per heavy atom. The lowest BCUT2D eigenvalue weighted by atomic mass is 10.0. The van der Waals surface area contributed by atoms with Crippen LogP contribution in [-0.4, -0.2) is 61.8 Å². The second-order valence-corrected chi connectivity index (χ2v) is 8.48. The van der Waals surface area contributed by atoms with Gasteiger partial charge in [0.15, 0.2) is 5.96 Å². The average molecular weight is 568 g/mol. The molecule has 0 bridgehead atoms. The van der Waals surface area contributed by atoms with Crippen molar-refractivity contribution in [1.29, 1.82) is 0 Å². The molecular weight excluding hydrogens is 529 g/mol. The largest absolute Gasteiger partial charge is 0.473 e. The first-order valence-corrected chi connectivity index (χ1v) is 11.5. The third-order valence-corrected chi connectivity index (χ3v) is 5.55. The van der Waals surface area contributed by atoms with Crippen LogP contribution in [-0.2, 0) is 17.9 Å². The van der Waals surface area contributed by atoms with E-state index in [-0.39, 0.29) is 24.0 Å². The minimum Gasteiger partial charge on any atom is -0.473 e. The number of hydrogen-bond acceptors (Lipinski definition) is 5. The topological polar surface area (TPSA) is 71.0 Å². The lowest BCUT2D eigenvalue weighted by Gasteiger charge is -2.35. The Morgan fingerprint density at radius 1 is 1.12 bits per heavy atom. The molecule has 0 radical (unpaired) electrons. The van der Waals surface area contributed by atoms with Gasteiger partial charge in [-0.05, 0) is 24.0 Å². The van der Waals surface area contributed by atoms with Gasteiger partial charge in [-0.15, -0.1) is 24.0 Å². The van der Waals surface area contributed by atoms with Crippen LogP contribution in [0.4, 0.5) is 0 Å². The van der Waals surface area contributed by atoms with Gasteiger partial charge in [-0.1, -0.05) is 50.2 Å². The van der Waals surface area contributed by atoms with Gasteiger partial charge in [0.25, 0.3) is 0 Å². The van der Waals surface area contributed by atoms with Crippen LogP contribution in [0.3, 0.4) is 0 Å². The van der Waals surface area contributed by atoms with Gasteiger partial charge >= 0.3 is 0 Å². The standard InChI is InChI=1S/C25H37N5O2.HI/c1-20(2)16-23(30-12-14-31-15-13-30)18-29-25(26-3)28-17-22-10-7-11-27-24(22)32-19-21-8-5-4-6-9-21;/h4-11,20,23H,12-19H2,1-3H3,(H2,26,28,29);1H. The molecule has 2 aromatic rings. The van der Waals surface area contributed by atoms with Crippen molar-refractivity contribution in [1.82, 2.24) is 20.5 Å². The number of aliphatic imine (C=N–C) groups is 1. The van der Waals surface area contributed by atoms with Crippen molar-refractivity contribution in [3.63, 3.8) is 0 Å². The summed E-state index contributed by atoms with van der Waals surface area (Å²) in [5.41, 5.74) is 2.12. The van der Waals surface area contributed by atoms with Crippen molar-refractivity contribution >= 4 is 29.9 Å². The van der Waals surface area contributed by atoms with Gasteiger partial charge in [-0.3, -0.25) is 9.89 Å². The zero-order valence-corrected chi connectivity index (χ0v) is 22.3. The molecule has 182 valence electrons. The number of nitrogens with one attached hydrogen (secondary N) is 2. The van der Waals surface area contributed by atoms with Gasteiger partial charge in [-0.25, -0.2) is 4.98 Å². The second-order valence-electron chi connectivity index (χ2n) is 8.48. The number of rotatable bonds is 10. The van der Waals surface area contributed by atoms with Crippen molar-refractivity contribution in [2.75, 3.05) is 39.9 Å². The highest BCUT2D eigenvalue weighted by atomic mass is 127. The lowest BCUT2D eigenvalue weighted by molar-refractivity contribution is 0.0132. The molecule has 7 nitrogen and oxygen atoms in total. The highest BCUT2D eigenvalue weighted by molar-refractivity contribution is 14.0. The summed E-state index contributed by atoms with van der Waals surface area (Å²) in [4.78, 5) is 11.4. The molecule has 0 amide bonds. The highest BCUT2D eigenvalue weighted by Gasteiger charge is 2.22.